The van der Waals surface area contributed by atoms with Gasteiger partial charge in [-0.05, 0) is 92.3 Å². The molecule has 6 rings (SSSR count). The smallest absolute Gasteiger partial charge is 0.00978 e. The maximum atomic E-state index is 2.40. The van der Waals surface area contributed by atoms with Crippen molar-refractivity contribution in [3.05, 3.63) is 121 Å². The van der Waals surface area contributed by atoms with E-state index in [9.17, 15) is 0 Å². The van der Waals surface area contributed by atoms with Crippen LogP contribution < -0.4 is 21.2 Å². The molecule has 2 aliphatic rings. The van der Waals surface area contributed by atoms with E-state index in [0.717, 1.165) is 23.2 Å². The van der Waals surface area contributed by atoms with Gasteiger partial charge in [0.05, 0.1) is 0 Å². The predicted molar refractivity (Wildman–Crippen MR) is 160 cm³/mol. The van der Waals surface area contributed by atoms with Crippen LogP contribution in [0.15, 0.2) is 121 Å². The lowest BCUT2D eigenvalue weighted by atomic mass is 9.89. The van der Waals surface area contributed by atoms with Gasteiger partial charge in [-0.15, -0.1) is 0 Å². The molecule has 0 aliphatic heterocycles. The molecule has 0 amide bonds. The van der Waals surface area contributed by atoms with Crippen LogP contribution in [0.3, 0.4) is 0 Å². The second-order valence-corrected chi connectivity index (χ2v) is 15.4. The van der Waals surface area contributed by atoms with Crippen LogP contribution >= 0.6 is 15.8 Å². The summed E-state index contributed by atoms with van der Waals surface area (Å²) in [6.45, 7) is 0. The van der Waals surface area contributed by atoms with Crippen molar-refractivity contribution in [1.82, 2.24) is 0 Å². The molecule has 2 unspecified atom stereocenters. The molecule has 0 radical (unpaired) electrons. The Morgan fingerprint density at radius 1 is 0.444 bits per heavy atom. The zero-order valence-corrected chi connectivity index (χ0v) is 22.8. The summed E-state index contributed by atoms with van der Waals surface area (Å²) in [5.74, 6) is 1.74. The number of benzene rings is 4. The minimum Gasteiger partial charge on any atom is -0.0622 e. The Balaban J connectivity index is 1.28. The number of hydrogen-bond acceptors (Lipinski definition) is 0. The first-order chi connectivity index (χ1) is 17.9. The molecule has 36 heavy (non-hydrogen) atoms. The lowest BCUT2D eigenvalue weighted by Gasteiger charge is -2.34. The van der Waals surface area contributed by atoms with Gasteiger partial charge >= 0.3 is 0 Å². The van der Waals surface area contributed by atoms with Crippen molar-refractivity contribution >= 4 is 37.1 Å². The number of hydrogen-bond donors (Lipinski definition) is 0. The third-order valence-corrected chi connectivity index (χ3v) is 14.3. The summed E-state index contributed by atoms with van der Waals surface area (Å²) in [6, 6.07) is 45.7. The molecule has 4 aromatic rings. The Morgan fingerprint density at radius 2 is 0.889 bits per heavy atom. The molecule has 2 heteroatoms. The van der Waals surface area contributed by atoms with Crippen molar-refractivity contribution in [3.63, 3.8) is 0 Å². The maximum absolute atomic E-state index is 2.40. The lowest BCUT2D eigenvalue weighted by molar-refractivity contribution is 0.353. The summed E-state index contributed by atoms with van der Waals surface area (Å²) in [6.07, 6.45) is 8.43. The Bertz CT molecular complexity index is 1130. The average Bonchev–Trinajstić information content (AvgIpc) is 3.62. The van der Waals surface area contributed by atoms with Crippen molar-refractivity contribution in [2.24, 2.45) is 11.8 Å². The first-order valence-electron chi connectivity index (χ1n) is 13.7. The molecule has 0 spiro atoms. The Morgan fingerprint density at radius 3 is 1.36 bits per heavy atom. The van der Waals surface area contributed by atoms with Crippen LogP contribution in [0.1, 0.15) is 38.5 Å². The molecule has 0 saturated heterocycles. The van der Waals surface area contributed by atoms with Crippen molar-refractivity contribution in [2.45, 2.75) is 49.8 Å². The first kappa shape index (κ1) is 24.1. The van der Waals surface area contributed by atoms with Crippen LogP contribution in [0.5, 0.6) is 0 Å². The third kappa shape index (κ3) is 5.09. The van der Waals surface area contributed by atoms with Crippen LogP contribution in [0.2, 0.25) is 0 Å². The second-order valence-electron chi connectivity index (χ2n) is 10.5. The van der Waals surface area contributed by atoms with Crippen LogP contribution in [-0.2, 0) is 0 Å². The normalized spacial score (nSPS) is 23.9. The topological polar surface area (TPSA) is 0 Å². The van der Waals surface area contributed by atoms with E-state index >= 15 is 0 Å². The third-order valence-electron chi connectivity index (χ3n) is 8.42. The molecule has 2 aliphatic carbocycles. The van der Waals surface area contributed by atoms with Crippen molar-refractivity contribution < 1.29 is 0 Å². The van der Waals surface area contributed by atoms with Crippen molar-refractivity contribution in [1.29, 1.82) is 0 Å². The highest BCUT2D eigenvalue weighted by Gasteiger charge is 2.43. The second kappa shape index (κ2) is 11.4. The Labute approximate surface area is 219 Å². The van der Waals surface area contributed by atoms with Crippen LogP contribution in [0.25, 0.3) is 0 Å². The molecule has 2 fully saturated rings. The summed E-state index contributed by atoms with van der Waals surface area (Å²) < 4.78 is 0. The molecule has 0 N–H and O–H groups in total. The van der Waals surface area contributed by atoms with E-state index in [4.69, 9.17) is 0 Å². The highest BCUT2D eigenvalue weighted by Crippen LogP contribution is 2.57. The predicted octanol–water partition coefficient (Wildman–Crippen LogP) is 7.59. The average molecular weight is 507 g/mol. The minimum atomic E-state index is -0.319. The van der Waals surface area contributed by atoms with E-state index in [1.807, 2.05) is 0 Å². The molecular formula is C34H36P2. The summed E-state index contributed by atoms with van der Waals surface area (Å²) in [4.78, 5) is 0. The van der Waals surface area contributed by atoms with Gasteiger partial charge in [-0.2, -0.15) is 0 Å². The molecule has 182 valence electrons. The molecular weight excluding hydrogens is 470 g/mol. The fourth-order valence-corrected chi connectivity index (χ4v) is 13.2. The van der Waals surface area contributed by atoms with Gasteiger partial charge in [0, 0.05) is 0 Å². The zero-order valence-electron chi connectivity index (χ0n) is 21.0. The van der Waals surface area contributed by atoms with Gasteiger partial charge in [-0.1, -0.05) is 128 Å². The minimum absolute atomic E-state index is 0.305. The van der Waals surface area contributed by atoms with E-state index in [2.05, 4.69) is 121 Å². The molecule has 0 heterocycles. The Hall–Kier alpha value is -2.26. The fraction of sp³-hybridized carbons (Fsp3) is 0.294. The zero-order chi connectivity index (χ0) is 24.2. The van der Waals surface area contributed by atoms with Crippen LogP contribution in [0.4, 0.5) is 0 Å². The monoisotopic (exact) mass is 506 g/mol. The lowest BCUT2D eigenvalue weighted by Crippen LogP contribution is -2.28. The van der Waals surface area contributed by atoms with Gasteiger partial charge in [0.2, 0.25) is 0 Å². The van der Waals surface area contributed by atoms with Gasteiger partial charge < -0.3 is 0 Å². The van der Waals surface area contributed by atoms with E-state index in [1.54, 1.807) is 21.2 Å². The van der Waals surface area contributed by atoms with E-state index in [1.165, 1.54) is 38.5 Å². The van der Waals surface area contributed by atoms with Gasteiger partial charge in [-0.25, -0.2) is 0 Å². The summed E-state index contributed by atoms with van der Waals surface area (Å²) in [5.41, 5.74) is 1.61. The largest absolute Gasteiger partial charge is 0.0622 e. The maximum Gasteiger partial charge on any atom is -0.00978 e. The van der Waals surface area contributed by atoms with Gasteiger partial charge in [0.15, 0.2) is 0 Å². The van der Waals surface area contributed by atoms with Crippen LogP contribution in [0, 0.1) is 11.8 Å². The summed E-state index contributed by atoms with van der Waals surface area (Å²) in [7, 11) is -0.624. The first-order valence-corrected chi connectivity index (χ1v) is 16.5. The number of rotatable bonds is 7. The molecule has 0 aromatic heterocycles. The summed E-state index contributed by atoms with van der Waals surface area (Å²) in [5, 5.41) is 6.26. The van der Waals surface area contributed by atoms with Crippen molar-refractivity contribution in [2.75, 3.05) is 0 Å². The highest BCUT2D eigenvalue weighted by atomic mass is 31.1. The van der Waals surface area contributed by atoms with E-state index in [0.29, 0.717) is 0 Å². The fourth-order valence-electron chi connectivity index (χ4n) is 6.91. The quantitative estimate of drug-likeness (QED) is 0.227. The molecule has 4 atom stereocenters. The van der Waals surface area contributed by atoms with E-state index in [-0.39, 0.29) is 15.8 Å². The molecule has 0 nitrogen and oxygen atoms in total. The standard InChI is InChI=1S/C34H36P2/c1-5-14-28(15-6-1)35(29-16-7-2-8-17-29)32-25-24-27(26-32)33-22-13-23-34(33)36(30-18-9-3-10-19-30)31-20-11-4-12-21-31/h1-12,14-21,27,32-34H,13,22-26H2/t27?,32-,33?,34-/m1/s1. The SMILES string of the molecule is c1ccc(P(c2ccccc2)[C@@H]2CCC(C3CCC[C@H]3P(c3ccccc3)c3ccccc3)C2)cc1. The highest BCUT2D eigenvalue weighted by molar-refractivity contribution is 7.74. The van der Waals surface area contributed by atoms with Gasteiger partial charge in [0.25, 0.3) is 0 Å². The Kier molecular flexibility index (Phi) is 7.65. The summed E-state index contributed by atoms with van der Waals surface area (Å²) >= 11 is 0. The van der Waals surface area contributed by atoms with Gasteiger partial charge in [0.1, 0.15) is 0 Å². The van der Waals surface area contributed by atoms with Crippen molar-refractivity contribution in [3.8, 4) is 0 Å². The van der Waals surface area contributed by atoms with Crippen LogP contribution in [-0.4, -0.2) is 11.3 Å². The van der Waals surface area contributed by atoms with Gasteiger partial charge in [-0.3, -0.25) is 0 Å². The molecule has 0 bridgehead atoms. The van der Waals surface area contributed by atoms with E-state index < -0.39 is 0 Å². The molecule has 4 aromatic carbocycles. The molecule has 2 saturated carbocycles.